The zero-order chi connectivity index (χ0) is 17.9. The number of methoxy groups -OCH3 is 1. The molecule has 10 heteroatoms. The van der Waals surface area contributed by atoms with Gasteiger partial charge < -0.3 is 14.5 Å². The average Bonchev–Trinajstić information content (AvgIpc) is 3.08. The smallest absolute Gasteiger partial charge is 0.384 e. The van der Waals surface area contributed by atoms with Crippen LogP contribution in [0.2, 0.25) is 0 Å². The van der Waals surface area contributed by atoms with Crippen LogP contribution >= 0.6 is 11.5 Å². The number of anilines is 2. The Kier molecular flexibility index (Phi) is 5.38. The Bertz CT molecular complexity index is 683. The molecule has 2 aromatic rings. The van der Waals surface area contributed by atoms with Gasteiger partial charge in [0.15, 0.2) is 0 Å². The number of halogens is 3. The van der Waals surface area contributed by atoms with Crippen molar-refractivity contribution in [3.8, 4) is 0 Å². The van der Waals surface area contributed by atoms with Crippen molar-refractivity contribution in [2.75, 3.05) is 49.7 Å². The minimum atomic E-state index is -4.36. The van der Waals surface area contributed by atoms with Gasteiger partial charge in [0.2, 0.25) is 5.13 Å². The minimum absolute atomic E-state index is 0.561. The van der Waals surface area contributed by atoms with Gasteiger partial charge in [-0.15, -0.1) is 0 Å². The Morgan fingerprint density at radius 2 is 1.88 bits per heavy atom. The highest BCUT2D eigenvalue weighted by atomic mass is 32.1. The van der Waals surface area contributed by atoms with E-state index in [9.17, 15) is 13.2 Å². The minimum Gasteiger partial charge on any atom is -0.384 e. The van der Waals surface area contributed by atoms with E-state index >= 15 is 0 Å². The van der Waals surface area contributed by atoms with Crippen molar-refractivity contribution in [3.05, 3.63) is 29.7 Å². The molecule has 3 heterocycles. The Morgan fingerprint density at radius 3 is 2.48 bits per heavy atom. The summed E-state index contributed by atoms with van der Waals surface area (Å²) in [5.74, 6) is 1.33. The molecule has 0 saturated carbocycles. The highest BCUT2D eigenvalue weighted by Gasteiger charge is 2.31. The van der Waals surface area contributed by atoms with Gasteiger partial charge in [0.1, 0.15) is 11.6 Å². The molecular formula is C15H18F3N5OS. The van der Waals surface area contributed by atoms with Gasteiger partial charge in [0.25, 0.3) is 0 Å². The van der Waals surface area contributed by atoms with Gasteiger partial charge in [-0.3, -0.25) is 0 Å². The number of hydrogen-bond acceptors (Lipinski definition) is 7. The molecule has 1 aliphatic heterocycles. The largest absolute Gasteiger partial charge is 0.417 e. The molecule has 0 aliphatic carbocycles. The molecule has 0 aromatic carbocycles. The SMILES string of the molecule is COCCc1nsc(N2CCN(c3ccc(C(F)(F)F)cn3)CC2)n1. The molecule has 1 aliphatic rings. The second-order valence-corrected chi connectivity index (χ2v) is 6.34. The number of hydrogen-bond donors (Lipinski definition) is 0. The lowest BCUT2D eigenvalue weighted by molar-refractivity contribution is -0.137. The van der Waals surface area contributed by atoms with Gasteiger partial charge >= 0.3 is 6.18 Å². The zero-order valence-corrected chi connectivity index (χ0v) is 14.5. The van der Waals surface area contributed by atoms with E-state index in [1.54, 1.807) is 7.11 Å². The van der Waals surface area contributed by atoms with Crippen molar-refractivity contribution < 1.29 is 17.9 Å². The quantitative estimate of drug-likeness (QED) is 0.803. The van der Waals surface area contributed by atoms with E-state index in [-0.39, 0.29) is 0 Å². The number of aromatic nitrogens is 3. The number of nitrogens with zero attached hydrogens (tertiary/aromatic N) is 5. The summed E-state index contributed by atoms with van der Waals surface area (Å²) in [5.41, 5.74) is -0.729. The fourth-order valence-corrected chi connectivity index (χ4v) is 3.30. The van der Waals surface area contributed by atoms with Crippen LogP contribution in [0, 0.1) is 0 Å². The van der Waals surface area contributed by atoms with Crippen LogP contribution in [-0.2, 0) is 17.3 Å². The fourth-order valence-electron chi connectivity index (χ4n) is 2.54. The number of rotatable bonds is 5. The van der Waals surface area contributed by atoms with Crippen molar-refractivity contribution in [3.63, 3.8) is 0 Å². The van der Waals surface area contributed by atoms with Crippen LogP contribution in [0.25, 0.3) is 0 Å². The molecule has 1 fully saturated rings. The molecule has 2 aromatic heterocycles. The van der Waals surface area contributed by atoms with Crippen LogP contribution in [-0.4, -0.2) is 54.2 Å². The number of piperazine rings is 1. The summed E-state index contributed by atoms with van der Waals surface area (Å²) in [6.07, 6.45) is -2.79. The van der Waals surface area contributed by atoms with Gasteiger partial charge in [-0.2, -0.15) is 17.5 Å². The lowest BCUT2D eigenvalue weighted by Gasteiger charge is -2.35. The van der Waals surface area contributed by atoms with E-state index in [4.69, 9.17) is 4.74 Å². The molecule has 1 saturated heterocycles. The third-order valence-electron chi connectivity index (χ3n) is 3.94. The third-order valence-corrected chi connectivity index (χ3v) is 4.75. The predicted molar refractivity (Wildman–Crippen MR) is 89.2 cm³/mol. The summed E-state index contributed by atoms with van der Waals surface area (Å²) in [5, 5.41) is 0.867. The molecule has 3 rings (SSSR count). The molecule has 0 radical (unpaired) electrons. The predicted octanol–water partition coefficient (Wildman–Crippen LogP) is 2.47. The monoisotopic (exact) mass is 373 g/mol. The molecule has 0 unspecified atom stereocenters. The van der Waals surface area contributed by atoms with Crippen LogP contribution in [0.5, 0.6) is 0 Å². The van der Waals surface area contributed by atoms with E-state index < -0.39 is 11.7 Å². The summed E-state index contributed by atoms with van der Waals surface area (Å²) < 4.78 is 47.1. The molecule has 6 nitrogen and oxygen atoms in total. The maximum atomic E-state index is 12.6. The van der Waals surface area contributed by atoms with Crippen LogP contribution in [0.15, 0.2) is 18.3 Å². The van der Waals surface area contributed by atoms with E-state index in [1.165, 1.54) is 17.6 Å². The van der Waals surface area contributed by atoms with Crippen LogP contribution in [0.1, 0.15) is 11.4 Å². The first-order valence-electron chi connectivity index (χ1n) is 7.82. The molecule has 0 amide bonds. The normalized spacial score (nSPS) is 15.7. The van der Waals surface area contributed by atoms with Gasteiger partial charge in [0, 0.05) is 57.4 Å². The maximum Gasteiger partial charge on any atom is 0.417 e. The standard InChI is InChI=1S/C15H18F3N5OS/c1-24-9-4-12-20-14(25-21-12)23-7-5-22(6-8-23)13-3-2-11(10-19-13)15(16,17)18/h2-3,10H,4-9H2,1H3. The first kappa shape index (κ1) is 17.9. The molecule has 0 spiro atoms. The molecule has 0 bridgehead atoms. The molecule has 0 atom stereocenters. The summed E-state index contributed by atoms with van der Waals surface area (Å²) in [4.78, 5) is 12.6. The lowest BCUT2D eigenvalue weighted by atomic mass is 10.2. The van der Waals surface area contributed by atoms with E-state index in [0.717, 1.165) is 36.3 Å². The van der Waals surface area contributed by atoms with Gasteiger partial charge in [-0.05, 0) is 12.1 Å². The van der Waals surface area contributed by atoms with Crippen molar-refractivity contribution in [1.29, 1.82) is 0 Å². The Balaban J connectivity index is 1.57. The van der Waals surface area contributed by atoms with E-state index in [1.807, 2.05) is 4.90 Å². The highest BCUT2D eigenvalue weighted by Crippen LogP contribution is 2.29. The Hall–Kier alpha value is -1.94. The topological polar surface area (TPSA) is 54.4 Å². The molecule has 0 N–H and O–H groups in total. The first-order valence-corrected chi connectivity index (χ1v) is 8.59. The van der Waals surface area contributed by atoms with Crippen molar-refractivity contribution in [2.45, 2.75) is 12.6 Å². The average molecular weight is 373 g/mol. The Labute approximate surface area is 147 Å². The highest BCUT2D eigenvalue weighted by molar-refractivity contribution is 7.09. The lowest BCUT2D eigenvalue weighted by Crippen LogP contribution is -2.46. The maximum absolute atomic E-state index is 12.6. The second-order valence-electron chi connectivity index (χ2n) is 5.61. The number of pyridine rings is 1. The summed E-state index contributed by atoms with van der Waals surface area (Å²) in [7, 11) is 1.64. The zero-order valence-electron chi connectivity index (χ0n) is 13.7. The van der Waals surface area contributed by atoms with E-state index in [2.05, 4.69) is 19.2 Å². The van der Waals surface area contributed by atoms with Crippen LogP contribution in [0.4, 0.5) is 24.1 Å². The van der Waals surface area contributed by atoms with Gasteiger partial charge in [-0.1, -0.05) is 0 Å². The number of alkyl halides is 3. The van der Waals surface area contributed by atoms with Crippen molar-refractivity contribution in [1.82, 2.24) is 14.3 Å². The number of ether oxygens (including phenoxy) is 1. The summed E-state index contributed by atoms with van der Waals surface area (Å²) in [6.45, 7) is 3.38. The molecule has 25 heavy (non-hydrogen) atoms. The van der Waals surface area contributed by atoms with Crippen LogP contribution < -0.4 is 9.80 Å². The van der Waals surface area contributed by atoms with Gasteiger partial charge in [0.05, 0.1) is 12.2 Å². The fraction of sp³-hybridized carbons (Fsp3) is 0.533. The molecular weight excluding hydrogens is 355 g/mol. The second kappa shape index (κ2) is 7.52. The third kappa shape index (κ3) is 4.37. The summed E-state index contributed by atoms with van der Waals surface area (Å²) >= 11 is 1.36. The Morgan fingerprint density at radius 1 is 1.16 bits per heavy atom. The van der Waals surface area contributed by atoms with Crippen LogP contribution in [0.3, 0.4) is 0 Å². The molecule has 136 valence electrons. The van der Waals surface area contributed by atoms with Crippen molar-refractivity contribution >= 4 is 22.5 Å². The van der Waals surface area contributed by atoms with Crippen molar-refractivity contribution in [2.24, 2.45) is 0 Å². The summed E-state index contributed by atoms with van der Waals surface area (Å²) in [6, 6.07) is 2.49. The first-order chi connectivity index (χ1) is 12.0. The van der Waals surface area contributed by atoms with Gasteiger partial charge in [-0.25, -0.2) is 9.97 Å². The van der Waals surface area contributed by atoms with E-state index in [0.29, 0.717) is 31.9 Å².